The Morgan fingerprint density at radius 1 is 1.43 bits per heavy atom. The molecule has 2 heterocycles. The molecule has 0 atom stereocenters. The predicted octanol–water partition coefficient (Wildman–Crippen LogP) is 0.742. The van der Waals surface area contributed by atoms with Crippen LogP contribution in [0.3, 0.4) is 0 Å². The zero-order valence-electron chi connectivity index (χ0n) is 12.6. The van der Waals surface area contributed by atoms with Crippen LogP contribution in [0.4, 0.5) is 0 Å². The van der Waals surface area contributed by atoms with Crippen molar-refractivity contribution in [2.75, 3.05) is 13.6 Å². The summed E-state index contributed by atoms with van der Waals surface area (Å²) in [5, 5.41) is 13.8. The van der Waals surface area contributed by atoms with E-state index in [-0.39, 0.29) is 0 Å². The molecule has 2 rings (SSSR count). The Kier molecular flexibility index (Phi) is 5.68. The van der Waals surface area contributed by atoms with E-state index in [1.165, 1.54) is 5.01 Å². The van der Waals surface area contributed by atoms with E-state index in [1.54, 1.807) is 29.4 Å². The Hall–Kier alpha value is -1.96. The second kappa shape index (κ2) is 7.72. The lowest BCUT2D eigenvalue weighted by atomic mass is 10.3. The van der Waals surface area contributed by atoms with E-state index in [4.69, 9.17) is 0 Å². The third-order valence-corrected chi connectivity index (χ3v) is 4.06. The number of guanidine groups is 1. The van der Waals surface area contributed by atoms with Crippen molar-refractivity contribution in [3.05, 3.63) is 28.2 Å². The highest BCUT2D eigenvalue weighted by atomic mass is 32.1. The van der Waals surface area contributed by atoms with Gasteiger partial charge in [-0.3, -0.25) is 9.67 Å². The quantitative estimate of drug-likeness (QED) is 0.608. The summed E-state index contributed by atoms with van der Waals surface area (Å²) in [6.07, 6.45) is 3.43. The summed E-state index contributed by atoms with van der Waals surface area (Å²) in [6, 6.07) is 0. The molecule has 2 N–H and O–H groups in total. The Morgan fingerprint density at radius 3 is 2.90 bits per heavy atom. The van der Waals surface area contributed by atoms with Gasteiger partial charge in [-0.2, -0.15) is 5.10 Å². The molecule has 2 aromatic heterocycles. The third kappa shape index (κ3) is 4.52. The van der Waals surface area contributed by atoms with Crippen LogP contribution in [0, 0.1) is 0 Å². The number of aliphatic imine (C=N–C) groups is 1. The molecule has 7 nitrogen and oxygen atoms in total. The highest BCUT2D eigenvalue weighted by Gasteiger charge is 2.04. The van der Waals surface area contributed by atoms with E-state index in [0.717, 1.165) is 36.9 Å². The standard InChI is InChI=1S/C13H21N7S/c1-4-12-19-10(8-21-12)5-6-15-13(14-2)16-7-11-17-9-18-20(11)3/h8-9H,4-7H2,1-3H3,(H2,14,15,16). The van der Waals surface area contributed by atoms with Gasteiger partial charge in [0.15, 0.2) is 5.96 Å². The number of hydrogen-bond donors (Lipinski definition) is 2. The number of aromatic nitrogens is 4. The zero-order chi connectivity index (χ0) is 15.1. The van der Waals surface area contributed by atoms with E-state index < -0.39 is 0 Å². The van der Waals surface area contributed by atoms with Gasteiger partial charge >= 0.3 is 0 Å². The minimum absolute atomic E-state index is 0.590. The van der Waals surface area contributed by atoms with Crippen LogP contribution in [0.5, 0.6) is 0 Å². The number of nitrogens with zero attached hydrogens (tertiary/aromatic N) is 5. The first-order valence-electron chi connectivity index (χ1n) is 6.93. The fraction of sp³-hybridized carbons (Fsp3) is 0.538. The van der Waals surface area contributed by atoms with E-state index in [0.29, 0.717) is 6.54 Å². The van der Waals surface area contributed by atoms with Gasteiger partial charge in [-0.25, -0.2) is 9.97 Å². The smallest absolute Gasteiger partial charge is 0.191 e. The molecule has 0 fully saturated rings. The first-order valence-corrected chi connectivity index (χ1v) is 7.81. The maximum absolute atomic E-state index is 4.55. The van der Waals surface area contributed by atoms with Crippen molar-refractivity contribution in [3.63, 3.8) is 0 Å². The van der Waals surface area contributed by atoms with E-state index in [9.17, 15) is 0 Å². The molecule has 0 aliphatic rings. The monoisotopic (exact) mass is 307 g/mol. The molecule has 0 saturated heterocycles. The summed E-state index contributed by atoms with van der Waals surface area (Å²) >= 11 is 1.72. The summed E-state index contributed by atoms with van der Waals surface area (Å²) in [7, 11) is 3.62. The van der Waals surface area contributed by atoms with Crippen LogP contribution < -0.4 is 10.6 Å². The minimum atomic E-state index is 0.590. The van der Waals surface area contributed by atoms with E-state index in [2.05, 4.69) is 43.0 Å². The van der Waals surface area contributed by atoms with Crippen molar-refractivity contribution in [2.45, 2.75) is 26.3 Å². The van der Waals surface area contributed by atoms with Gasteiger partial charge in [0.2, 0.25) is 0 Å². The normalized spacial score (nSPS) is 11.7. The molecule has 0 unspecified atom stereocenters. The number of hydrogen-bond acceptors (Lipinski definition) is 5. The fourth-order valence-corrected chi connectivity index (χ4v) is 2.58. The van der Waals surface area contributed by atoms with Crippen LogP contribution >= 0.6 is 11.3 Å². The first kappa shape index (κ1) is 15.4. The minimum Gasteiger partial charge on any atom is -0.356 e. The van der Waals surface area contributed by atoms with Gasteiger partial charge in [-0.05, 0) is 6.42 Å². The van der Waals surface area contributed by atoms with Crippen LogP contribution in [0.25, 0.3) is 0 Å². The lowest BCUT2D eigenvalue weighted by Crippen LogP contribution is -2.38. The van der Waals surface area contributed by atoms with Crippen molar-refractivity contribution in [3.8, 4) is 0 Å². The van der Waals surface area contributed by atoms with Gasteiger partial charge in [0.25, 0.3) is 0 Å². The largest absolute Gasteiger partial charge is 0.356 e. The number of rotatable bonds is 6. The second-order valence-corrected chi connectivity index (χ2v) is 5.43. The SMILES string of the molecule is CCc1nc(CCNC(=NC)NCc2ncnn2C)cs1. The van der Waals surface area contributed by atoms with Crippen molar-refractivity contribution >= 4 is 17.3 Å². The summed E-state index contributed by atoms with van der Waals surface area (Å²) in [4.78, 5) is 12.9. The zero-order valence-corrected chi connectivity index (χ0v) is 13.4. The molecule has 114 valence electrons. The molecular formula is C13H21N7S. The van der Waals surface area contributed by atoms with Crippen LogP contribution in [0.2, 0.25) is 0 Å². The van der Waals surface area contributed by atoms with Crippen molar-refractivity contribution in [2.24, 2.45) is 12.0 Å². The molecule has 0 aromatic carbocycles. The van der Waals surface area contributed by atoms with Crippen LogP contribution in [-0.2, 0) is 26.4 Å². The molecule has 2 aromatic rings. The van der Waals surface area contributed by atoms with Gasteiger partial charge in [-0.1, -0.05) is 6.92 Å². The van der Waals surface area contributed by atoms with Gasteiger partial charge in [-0.15, -0.1) is 11.3 Å². The molecule has 8 heteroatoms. The first-order chi connectivity index (χ1) is 10.2. The van der Waals surface area contributed by atoms with Crippen LogP contribution in [-0.4, -0.2) is 39.3 Å². The summed E-state index contributed by atoms with van der Waals surface area (Å²) < 4.78 is 1.74. The van der Waals surface area contributed by atoms with E-state index >= 15 is 0 Å². The molecule has 0 aliphatic carbocycles. The van der Waals surface area contributed by atoms with Gasteiger partial charge < -0.3 is 10.6 Å². The molecule has 0 amide bonds. The van der Waals surface area contributed by atoms with Crippen LogP contribution in [0.15, 0.2) is 16.7 Å². The highest BCUT2D eigenvalue weighted by molar-refractivity contribution is 7.09. The number of aryl methyl sites for hydroxylation is 2. The van der Waals surface area contributed by atoms with Gasteiger partial charge in [0.1, 0.15) is 12.2 Å². The topological polar surface area (TPSA) is 80.0 Å². The third-order valence-electron chi connectivity index (χ3n) is 3.02. The Labute approximate surface area is 128 Å². The lowest BCUT2D eigenvalue weighted by molar-refractivity contribution is 0.672. The summed E-state index contributed by atoms with van der Waals surface area (Å²) in [5.74, 6) is 1.62. The Morgan fingerprint density at radius 2 is 2.29 bits per heavy atom. The van der Waals surface area contributed by atoms with Crippen LogP contribution in [0.1, 0.15) is 23.4 Å². The molecule has 0 bridgehead atoms. The number of thiazole rings is 1. The van der Waals surface area contributed by atoms with E-state index in [1.807, 2.05) is 7.05 Å². The summed E-state index contributed by atoms with van der Waals surface area (Å²) in [6.45, 7) is 3.51. The van der Waals surface area contributed by atoms with Crippen molar-refractivity contribution in [1.29, 1.82) is 0 Å². The highest BCUT2D eigenvalue weighted by Crippen LogP contribution is 2.10. The molecular weight excluding hydrogens is 286 g/mol. The van der Waals surface area contributed by atoms with Gasteiger partial charge in [0.05, 0.1) is 17.2 Å². The Bertz CT molecular complexity index is 587. The van der Waals surface area contributed by atoms with Crippen molar-refractivity contribution in [1.82, 2.24) is 30.4 Å². The average Bonchev–Trinajstić information content (AvgIpc) is 3.11. The molecule has 0 radical (unpaired) electrons. The lowest BCUT2D eigenvalue weighted by Gasteiger charge is -2.10. The molecule has 0 spiro atoms. The molecule has 21 heavy (non-hydrogen) atoms. The summed E-state index contributed by atoms with van der Waals surface area (Å²) in [5.41, 5.74) is 1.13. The fourth-order valence-electron chi connectivity index (χ4n) is 1.80. The maximum atomic E-state index is 4.55. The second-order valence-electron chi connectivity index (χ2n) is 4.49. The van der Waals surface area contributed by atoms with Gasteiger partial charge in [0, 0.05) is 32.4 Å². The van der Waals surface area contributed by atoms with Crippen molar-refractivity contribution < 1.29 is 0 Å². The average molecular weight is 307 g/mol. The molecule has 0 aliphatic heterocycles. The maximum Gasteiger partial charge on any atom is 0.191 e. The number of nitrogens with one attached hydrogen (secondary N) is 2. The molecule has 0 saturated carbocycles. The Balaban J connectivity index is 1.74. The predicted molar refractivity (Wildman–Crippen MR) is 84.4 cm³/mol.